The van der Waals surface area contributed by atoms with E-state index in [4.69, 9.17) is 0 Å². The molecule has 3 nitrogen and oxygen atoms in total. The molecule has 0 spiro atoms. The van der Waals surface area contributed by atoms with Crippen LogP contribution in [-0.4, -0.2) is 31.5 Å². The lowest BCUT2D eigenvalue weighted by Gasteiger charge is -2.35. The summed E-state index contributed by atoms with van der Waals surface area (Å²) < 4.78 is 89.8. The molecule has 1 aliphatic heterocycles. The smallest absolute Gasteiger partial charge is 0.207 e. The van der Waals surface area contributed by atoms with E-state index in [0.29, 0.717) is 18.2 Å². The second-order valence-electron chi connectivity index (χ2n) is 4.77. The summed E-state index contributed by atoms with van der Waals surface area (Å²) in [7, 11) is -4.61. The molecule has 9 heteroatoms. The van der Waals surface area contributed by atoms with Crippen molar-refractivity contribution in [2.24, 2.45) is 0 Å². The Balaban J connectivity index is 2.45. The molecular weight excluding hydrogens is 317 g/mol. The molecule has 0 aromatic heterocycles. The van der Waals surface area contributed by atoms with E-state index in [-0.39, 0.29) is 30.1 Å². The number of rotatable bonds is 2. The fourth-order valence-electron chi connectivity index (χ4n) is 2.33. The maximum Gasteiger partial charge on any atom is 0.405 e. The normalized spacial score (nSPS) is 21.5. The van der Waals surface area contributed by atoms with Crippen LogP contribution in [0.2, 0.25) is 0 Å². The molecule has 1 saturated heterocycles. The van der Waals surface area contributed by atoms with Gasteiger partial charge in [0, 0.05) is 12.6 Å². The van der Waals surface area contributed by atoms with Gasteiger partial charge < -0.3 is 0 Å². The molecule has 0 N–H and O–H groups in total. The summed E-state index contributed by atoms with van der Waals surface area (Å²) in [6.07, 6.45) is -4.57. The van der Waals surface area contributed by atoms with Crippen LogP contribution in [-0.2, 0) is 10.0 Å². The highest BCUT2D eigenvalue weighted by Gasteiger charge is 2.49. The number of halogens is 5. The minimum atomic E-state index is -4.72. The van der Waals surface area contributed by atoms with Crippen molar-refractivity contribution in [2.45, 2.75) is 36.4 Å². The van der Waals surface area contributed by atoms with Crippen LogP contribution >= 0.6 is 0 Å². The molecule has 2 rings (SSSR count). The predicted octanol–water partition coefficient (Wildman–Crippen LogP) is 3.07. The third-order valence-electron chi connectivity index (χ3n) is 3.27. The van der Waals surface area contributed by atoms with Crippen LogP contribution < -0.4 is 0 Å². The molecule has 1 atom stereocenters. The molecule has 0 radical (unpaired) electrons. The molecule has 21 heavy (non-hydrogen) atoms. The van der Waals surface area contributed by atoms with E-state index < -0.39 is 38.8 Å². The van der Waals surface area contributed by atoms with Crippen molar-refractivity contribution in [3.05, 3.63) is 29.8 Å². The van der Waals surface area contributed by atoms with Crippen molar-refractivity contribution in [1.82, 2.24) is 4.31 Å². The van der Waals surface area contributed by atoms with Gasteiger partial charge in [-0.15, -0.1) is 0 Å². The Hall–Kier alpha value is -1.22. The summed E-state index contributed by atoms with van der Waals surface area (Å²) in [4.78, 5) is -0.809. The van der Waals surface area contributed by atoms with E-state index >= 15 is 0 Å². The van der Waals surface area contributed by atoms with Gasteiger partial charge in [0.2, 0.25) is 10.0 Å². The molecule has 0 aliphatic carbocycles. The maximum atomic E-state index is 13.1. The Morgan fingerprint density at radius 3 is 2.14 bits per heavy atom. The first-order chi connectivity index (χ1) is 9.62. The monoisotopic (exact) mass is 329 g/mol. The molecular formula is C12H12F5NO2S. The topological polar surface area (TPSA) is 37.4 Å². The van der Waals surface area contributed by atoms with Gasteiger partial charge in [-0.05, 0) is 25.0 Å². The number of benzene rings is 1. The molecule has 0 amide bonds. The fourth-order valence-corrected chi connectivity index (χ4v) is 4.06. The largest absolute Gasteiger partial charge is 0.405 e. The Morgan fingerprint density at radius 1 is 1.05 bits per heavy atom. The Morgan fingerprint density at radius 2 is 1.62 bits per heavy atom. The van der Waals surface area contributed by atoms with Gasteiger partial charge in [0.15, 0.2) is 0 Å². The van der Waals surface area contributed by atoms with Crippen molar-refractivity contribution in [3.63, 3.8) is 0 Å². The number of sulfonamides is 1. The minimum absolute atomic E-state index is 0.244. The molecule has 0 saturated carbocycles. The summed E-state index contributed by atoms with van der Waals surface area (Å²) in [5.41, 5.74) is 0. The number of alkyl halides is 3. The first kappa shape index (κ1) is 16.2. The Labute approximate surface area is 118 Å². The van der Waals surface area contributed by atoms with Crippen molar-refractivity contribution in [3.8, 4) is 0 Å². The summed E-state index contributed by atoms with van der Waals surface area (Å²) >= 11 is 0. The lowest BCUT2D eigenvalue weighted by molar-refractivity contribution is -0.177. The van der Waals surface area contributed by atoms with E-state index in [2.05, 4.69) is 0 Å². The number of hydrogen-bond acceptors (Lipinski definition) is 2. The zero-order chi connectivity index (χ0) is 15.8. The van der Waals surface area contributed by atoms with E-state index in [1.165, 1.54) is 0 Å². The molecule has 118 valence electrons. The lowest BCUT2D eigenvalue weighted by Crippen LogP contribution is -2.51. The van der Waals surface area contributed by atoms with Crippen LogP contribution in [0.15, 0.2) is 23.1 Å². The van der Waals surface area contributed by atoms with Gasteiger partial charge >= 0.3 is 6.18 Å². The van der Waals surface area contributed by atoms with Gasteiger partial charge in [0.1, 0.15) is 17.7 Å². The van der Waals surface area contributed by atoms with Gasteiger partial charge in [0.05, 0.1) is 4.90 Å². The number of nitrogens with zero attached hydrogens (tertiary/aromatic N) is 1. The van der Waals surface area contributed by atoms with Gasteiger partial charge in [-0.2, -0.15) is 17.5 Å². The van der Waals surface area contributed by atoms with Crippen LogP contribution in [0, 0.1) is 11.6 Å². The average molecular weight is 329 g/mol. The van der Waals surface area contributed by atoms with Gasteiger partial charge in [-0.3, -0.25) is 0 Å². The van der Waals surface area contributed by atoms with Gasteiger partial charge in [-0.1, -0.05) is 6.42 Å². The molecule has 1 unspecified atom stereocenters. The van der Waals surface area contributed by atoms with Crippen LogP contribution in [0.25, 0.3) is 0 Å². The van der Waals surface area contributed by atoms with Crippen molar-refractivity contribution in [1.29, 1.82) is 0 Å². The summed E-state index contributed by atoms with van der Waals surface area (Å²) in [6, 6.07) is -0.681. The zero-order valence-electron chi connectivity index (χ0n) is 10.7. The first-order valence-electron chi connectivity index (χ1n) is 6.17. The second-order valence-corrected chi connectivity index (χ2v) is 6.66. The fraction of sp³-hybridized carbons (Fsp3) is 0.500. The second kappa shape index (κ2) is 5.53. The van der Waals surface area contributed by atoms with Crippen molar-refractivity contribution >= 4 is 10.0 Å². The summed E-state index contributed by atoms with van der Waals surface area (Å²) in [6.45, 7) is -0.329. The molecule has 1 aliphatic rings. The predicted molar refractivity (Wildman–Crippen MR) is 63.9 cm³/mol. The third-order valence-corrected chi connectivity index (χ3v) is 5.16. The molecule has 1 aromatic rings. The first-order valence-corrected chi connectivity index (χ1v) is 7.61. The van der Waals surface area contributed by atoms with E-state index in [9.17, 15) is 30.4 Å². The Bertz CT molecular complexity index is 609. The highest BCUT2D eigenvalue weighted by atomic mass is 32.2. The van der Waals surface area contributed by atoms with Gasteiger partial charge in [-0.25, -0.2) is 17.2 Å². The highest BCUT2D eigenvalue weighted by Crippen LogP contribution is 2.35. The SMILES string of the molecule is O=S(=O)(c1cc(F)cc(F)c1)N1CCCCC1C(F)(F)F. The van der Waals surface area contributed by atoms with Crippen LogP contribution in [0.5, 0.6) is 0 Å². The maximum absolute atomic E-state index is 13.1. The summed E-state index contributed by atoms with van der Waals surface area (Å²) in [5.74, 6) is -2.32. The van der Waals surface area contributed by atoms with Crippen LogP contribution in [0.1, 0.15) is 19.3 Å². The highest BCUT2D eigenvalue weighted by molar-refractivity contribution is 7.89. The zero-order valence-corrected chi connectivity index (χ0v) is 11.5. The van der Waals surface area contributed by atoms with E-state index in [0.717, 1.165) is 0 Å². The minimum Gasteiger partial charge on any atom is -0.207 e. The molecule has 1 heterocycles. The van der Waals surface area contributed by atoms with Gasteiger partial charge in [0.25, 0.3) is 0 Å². The van der Waals surface area contributed by atoms with Crippen molar-refractivity contribution < 1.29 is 30.4 Å². The molecule has 0 bridgehead atoms. The molecule has 1 aromatic carbocycles. The average Bonchev–Trinajstić information content (AvgIpc) is 2.36. The lowest BCUT2D eigenvalue weighted by atomic mass is 10.0. The van der Waals surface area contributed by atoms with E-state index in [1.54, 1.807) is 0 Å². The molecule has 1 fully saturated rings. The number of piperidine rings is 1. The standard InChI is InChI=1S/C12H12F5NO2S/c13-8-5-9(14)7-10(6-8)21(19,20)18-4-2-1-3-11(18)12(15,16)17/h5-7,11H,1-4H2. The Kier molecular flexibility index (Phi) is 4.25. The van der Waals surface area contributed by atoms with Crippen LogP contribution in [0.3, 0.4) is 0 Å². The number of hydrogen-bond donors (Lipinski definition) is 0. The van der Waals surface area contributed by atoms with Crippen molar-refractivity contribution in [2.75, 3.05) is 6.54 Å². The summed E-state index contributed by atoms with van der Waals surface area (Å²) in [5, 5.41) is 0. The third kappa shape index (κ3) is 3.34. The van der Waals surface area contributed by atoms with Crippen LogP contribution in [0.4, 0.5) is 22.0 Å². The van der Waals surface area contributed by atoms with E-state index in [1.807, 2.05) is 0 Å². The quantitative estimate of drug-likeness (QED) is 0.782.